The summed E-state index contributed by atoms with van der Waals surface area (Å²) >= 11 is 0. The Morgan fingerprint density at radius 1 is 0.778 bits per heavy atom. The number of hydrogen-bond donors (Lipinski definition) is 1. The van der Waals surface area contributed by atoms with Crippen LogP contribution in [0.4, 0.5) is 10.1 Å². The summed E-state index contributed by atoms with van der Waals surface area (Å²) in [6, 6.07) is 27.4. The molecule has 0 spiro atoms. The van der Waals surface area contributed by atoms with Crippen LogP contribution in [0.5, 0.6) is 0 Å². The number of hydrogen-bond acceptors (Lipinski definition) is 4. The van der Waals surface area contributed by atoms with Gasteiger partial charge in [-0.05, 0) is 67.3 Å². The summed E-state index contributed by atoms with van der Waals surface area (Å²) in [4.78, 5) is 29.7. The molecule has 4 rings (SSSR count). The molecule has 9 heteroatoms. The van der Waals surface area contributed by atoms with Crippen LogP contribution in [0.1, 0.15) is 36.1 Å². The second kappa shape index (κ2) is 15.0. The minimum Gasteiger partial charge on any atom is -0.354 e. The summed E-state index contributed by atoms with van der Waals surface area (Å²) in [5.74, 6) is -1.19. The number of carbonyl (C=O) groups is 2. The molecule has 0 bridgehead atoms. The topological polar surface area (TPSA) is 86.8 Å². The molecule has 2 amide bonds. The average molecular weight is 630 g/mol. The highest BCUT2D eigenvalue weighted by atomic mass is 32.2. The third-order valence-electron chi connectivity index (χ3n) is 7.43. The molecule has 0 heterocycles. The number of benzene rings is 4. The largest absolute Gasteiger partial charge is 0.354 e. The summed E-state index contributed by atoms with van der Waals surface area (Å²) < 4.78 is 43.1. The van der Waals surface area contributed by atoms with Crippen LogP contribution >= 0.6 is 0 Å². The molecule has 0 radical (unpaired) electrons. The number of carbonyl (C=O) groups excluding carboxylic acids is 2. The molecular formula is C36H40FN3O4S. The SMILES string of the molecule is Cc1ccc(N(CC(=O)N(Cc2ccc(F)cc2)[C@@H](Cc2ccccc2)C(=O)NCC(C)C)S(=O)(=O)c2ccc(C)cc2)cc1. The summed E-state index contributed by atoms with van der Waals surface area (Å²) in [5.41, 5.74) is 3.58. The summed E-state index contributed by atoms with van der Waals surface area (Å²) in [7, 11) is -4.18. The van der Waals surface area contributed by atoms with E-state index in [9.17, 15) is 22.4 Å². The van der Waals surface area contributed by atoms with Crippen molar-refractivity contribution >= 4 is 27.5 Å². The predicted octanol–water partition coefficient (Wildman–Crippen LogP) is 6.05. The highest BCUT2D eigenvalue weighted by Crippen LogP contribution is 2.26. The maximum atomic E-state index is 14.4. The minimum absolute atomic E-state index is 0.0297. The van der Waals surface area contributed by atoms with Gasteiger partial charge in [0.2, 0.25) is 11.8 Å². The van der Waals surface area contributed by atoms with Gasteiger partial charge in [0.1, 0.15) is 18.4 Å². The molecule has 4 aromatic rings. The molecule has 0 unspecified atom stereocenters. The van der Waals surface area contributed by atoms with Crippen molar-refractivity contribution in [3.05, 3.63) is 131 Å². The van der Waals surface area contributed by atoms with Crippen LogP contribution in [0.15, 0.2) is 108 Å². The molecule has 0 aliphatic rings. The standard InChI is InChI=1S/C36H40FN3O4S/c1-26(2)23-38-36(42)34(22-29-8-6-5-7-9-29)39(24-30-14-16-31(37)17-15-30)35(41)25-40(32-18-10-27(3)11-19-32)45(43,44)33-20-12-28(4)13-21-33/h5-21,26,34H,22-25H2,1-4H3,(H,38,42)/t34-/m0/s1. The fourth-order valence-corrected chi connectivity index (χ4v) is 6.25. The average Bonchev–Trinajstić information content (AvgIpc) is 3.02. The van der Waals surface area contributed by atoms with Gasteiger partial charge in [0.15, 0.2) is 0 Å². The number of nitrogens with zero attached hydrogens (tertiary/aromatic N) is 2. The van der Waals surface area contributed by atoms with Gasteiger partial charge >= 0.3 is 0 Å². The quantitative estimate of drug-likeness (QED) is 0.195. The first-order chi connectivity index (χ1) is 21.4. The van der Waals surface area contributed by atoms with Crippen molar-refractivity contribution in [3.63, 3.8) is 0 Å². The van der Waals surface area contributed by atoms with Crippen molar-refractivity contribution in [2.45, 2.75) is 51.6 Å². The van der Waals surface area contributed by atoms with E-state index in [4.69, 9.17) is 0 Å². The molecule has 0 fully saturated rings. The van der Waals surface area contributed by atoms with E-state index in [1.807, 2.05) is 58.0 Å². The fourth-order valence-electron chi connectivity index (χ4n) is 4.84. The smallest absolute Gasteiger partial charge is 0.264 e. The van der Waals surface area contributed by atoms with Crippen LogP contribution in [-0.4, -0.2) is 44.3 Å². The summed E-state index contributed by atoms with van der Waals surface area (Å²) in [5, 5.41) is 2.96. The maximum Gasteiger partial charge on any atom is 0.264 e. The van der Waals surface area contributed by atoms with Crippen LogP contribution in [0.3, 0.4) is 0 Å². The summed E-state index contributed by atoms with van der Waals surface area (Å²) in [6.07, 6.45) is 0.201. The molecule has 1 atom stereocenters. The van der Waals surface area contributed by atoms with Crippen LogP contribution in [0, 0.1) is 25.6 Å². The number of amides is 2. The number of halogens is 1. The van der Waals surface area contributed by atoms with E-state index in [1.54, 1.807) is 48.5 Å². The lowest BCUT2D eigenvalue weighted by Gasteiger charge is -2.34. The van der Waals surface area contributed by atoms with E-state index in [0.29, 0.717) is 17.8 Å². The van der Waals surface area contributed by atoms with Crippen LogP contribution < -0.4 is 9.62 Å². The Balaban J connectivity index is 1.79. The number of anilines is 1. The molecule has 45 heavy (non-hydrogen) atoms. The maximum absolute atomic E-state index is 14.4. The zero-order chi connectivity index (χ0) is 32.6. The molecule has 0 saturated heterocycles. The second-order valence-corrected chi connectivity index (χ2v) is 13.5. The van der Waals surface area contributed by atoms with Gasteiger partial charge in [-0.15, -0.1) is 0 Å². The fraction of sp³-hybridized carbons (Fsp3) is 0.278. The molecule has 4 aromatic carbocycles. The van der Waals surface area contributed by atoms with Crippen LogP contribution in [-0.2, 0) is 32.6 Å². The second-order valence-electron chi connectivity index (χ2n) is 11.7. The predicted molar refractivity (Wildman–Crippen MR) is 176 cm³/mol. The van der Waals surface area contributed by atoms with Crippen LogP contribution in [0.2, 0.25) is 0 Å². The normalized spacial score (nSPS) is 12.0. The molecular weight excluding hydrogens is 589 g/mol. The zero-order valence-electron chi connectivity index (χ0n) is 26.1. The van der Waals surface area contributed by atoms with Gasteiger partial charge in [-0.3, -0.25) is 13.9 Å². The van der Waals surface area contributed by atoms with Gasteiger partial charge in [0.05, 0.1) is 10.6 Å². The third kappa shape index (κ3) is 9.01. The Bertz CT molecular complexity index is 1680. The van der Waals surface area contributed by atoms with Gasteiger partial charge in [-0.1, -0.05) is 91.7 Å². The number of aryl methyl sites for hydroxylation is 2. The third-order valence-corrected chi connectivity index (χ3v) is 9.22. The van der Waals surface area contributed by atoms with E-state index >= 15 is 0 Å². The lowest BCUT2D eigenvalue weighted by Crippen LogP contribution is -2.53. The summed E-state index contributed by atoms with van der Waals surface area (Å²) in [6.45, 7) is 7.53. The van der Waals surface area contributed by atoms with Crippen molar-refractivity contribution < 1.29 is 22.4 Å². The van der Waals surface area contributed by atoms with E-state index in [0.717, 1.165) is 21.0 Å². The molecule has 7 nitrogen and oxygen atoms in total. The monoisotopic (exact) mass is 629 g/mol. The number of rotatable bonds is 13. The lowest BCUT2D eigenvalue weighted by molar-refractivity contribution is -0.140. The Morgan fingerprint density at radius 2 is 1.36 bits per heavy atom. The van der Waals surface area contributed by atoms with Crippen molar-refractivity contribution in [2.75, 3.05) is 17.4 Å². The van der Waals surface area contributed by atoms with E-state index in [2.05, 4.69) is 5.32 Å². The molecule has 236 valence electrons. The van der Waals surface area contributed by atoms with Crippen LogP contribution in [0.25, 0.3) is 0 Å². The van der Waals surface area contributed by atoms with Gasteiger partial charge in [0, 0.05) is 19.5 Å². The highest BCUT2D eigenvalue weighted by Gasteiger charge is 2.34. The molecule has 0 aliphatic carbocycles. The molecule has 0 aliphatic heterocycles. The van der Waals surface area contributed by atoms with Crippen molar-refractivity contribution in [3.8, 4) is 0 Å². The van der Waals surface area contributed by atoms with Gasteiger partial charge in [0.25, 0.3) is 10.0 Å². The van der Waals surface area contributed by atoms with Gasteiger partial charge in [-0.25, -0.2) is 12.8 Å². The molecule has 1 N–H and O–H groups in total. The Morgan fingerprint density at radius 3 is 1.93 bits per heavy atom. The highest BCUT2D eigenvalue weighted by molar-refractivity contribution is 7.92. The number of nitrogens with one attached hydrogen (secondary N) is 1. The Hall–Kier alpha value is -4.50. The first-order valence-corrected chi connectivity index (χ1v) is 16.4. The van der Waals surface area contributed by atoms with Crippen molar-refractivity contribution in [1.29, 1.82) is 0 Å². The van der Waals surface area contributed by atoms with Gasteiger partial charge < -0.3 is 10.2 Å². The zero-order valence-corrected chi connectivity index (χ0v) is 26.9. The lowest BCUT2D eigenvalue weighted by atomic mass is 10.0. The first kappa shape index (κ1) is 33.4. The van der Waals surface area contributed by atoms with E-state index in [1.165, 1.54) is 29.2 Å². The van der Waals surface area contributed by atoms with E-state index < -0.39 is 34.3 Å². The Kier molecular flexibility index (Phi) is 11.1. The van der Waals surface area contributed by atoms with Crippen molar-refractivity contribution in [2.24, 2.45) is 5.92 Å². The molecule has 0 aromatic heterocycles. The Labute approximate surface area is 265 Å². The minimum atomic E-state index is -4.18. The van der Waals surface area contributed by atoms with E-state index in [-0.39, 0.29) is 29.7 Å². The number of sulfonamides is 1. The molecule has 0 saturated carbocycles. The van der Waals surface area contributed by atoms with Crippen molar-refractivity contribution in [1.82, 2.24) is 10.2 Å². The first-order valence-electron chi connectivity index (χ1n) is 15.0. The van der Waals surface area contributed by atoms with Gasteiger partial charge in [-0.2, -0.15) is 0 Å².